The standard InChI is InChI=1S/C18H27N3O3S/c1-18(2)13-21(9-11-25(18,22)23)17(19-3)20-8-6-14-4-5-16-15(12-14)7-10-24-16/h4-5,12H,6-11,13H2,1-3H3,(H,19,20). The van der Waals surface area contributed by atoms with Gasteiger partial charge in [-0.25, -0.2) is 8.42 Å². The molecule has 1 fully saturated rings. The Balaban J connectivity index is 1.57. The van der Waals surface area contributed by atoms with E-state index in [4.69, 9.17) is 4.74 Å². The maximum Gasteiger partial charge on any atom is 0.193 e. The first-order valence-corrected chi connectivity index (χ1v) is 10.4. The number of hydrogen-bond donors (Lipinski definition) is 1. The lowest BCUT2D eigenvalue weighted by Gasteiger charge is -2.39. The average Bonchev–Trinajstić information content (AvgIpc) is 3.02. The summed E-state index contributed by atoms with van der Waals surface area (Å²) >= 11 is 0. The molecule has 0 bridgehead atoms. The SMILES string of the molecule is CN=C(NCCc1ccc2c(c1)CCO2)N1CCS(=O)(=O)C(C)(C)C1. The van der Waals surface area contributed by atoms with Crippen molar-refractivity contribution < 1.29 is 13.2 Å². The molecule has 1 saturated heterocycles. The fourth-order valence-corrected chi connectivity index (χ4v) is 4.74. The van der Waals surface area contributed by atoms with Gasteiger partial charge in [-0.3, -0.25) is 4.99 Å². The van der Waals surface area contributed by atoms with Crippen molar-refractivity contribution in [2.75, 3.05) is 39.0 Å². The molecule has 0 amide bonds. The molecule has 0 atom stereocenters. The van der Waals surface area contributed by atoms with Gasteiger partial charge in [-0.1, -0.05) is 12.1 Å². The van der Waals surface area contributed by atoms with Crippen molar-refractivity contribution in [3.05, 3.63) is 29.3 Å². The van der Waals surface area contributed by atoms with Gasteiger partial charge in [-0.2, -0.15) is 0 Å². The third-order valence-corrected chi connectivity index (χ3v) is 7.54. The van der Waals surface area contributed by atoms with Gasteiger partial charge in [0.15, 0.2) is 15.8 Å². The quantitative estimate of drug-likeness (QED) is 0.645. The predicted molar refractivity (Wildman–Crippen MR) is 100 cm³/mol. The van der Waals surface area contributed by atoms with Crippen LogP contribution in [-0.2, 0) is 22.7 Å². The van der Waals surface area contributed by atoms with E-state index in [2.05, 4.69) is 22.4 Å². The summed E-state index contributed by atoms with van der Waals surface area (Å²) in [6, 6.07) is 6.36. The zero-order valence-electron chi connectivity index (χ0n) is 15.2. The molecule has 0 spiro atoms. The average molecular weight is 365 g/mol. The van der Waals surface area contributed by atoms with Gasteiger partial charge in [0, 0.05) is 33.1 Å². The highest BCUT2D eigenvalue weighted by atomic mass is 32.2. The minimum atomic E-state index is -3.04. The number of nitrogens with one attached hydrogen (secondary N) is 1. The van der Waals surface area contributed by atoms with E-state index in [1.54, 1.807) is 20.9 Å². The summed E-state index contributed by atoms with van der Waals surface area (Å²) in [5.41, 5.74) is 2.55. The number of hydrogen-bond acceptors (Lipinski definition) is 4. The highest BCUT2D eigenvalue weighted by molar-refractivity contribution is 7.92. The third kappa shape index (κ3) is 3.76. The molecule has 0 unspecified atom stereocenters. The van der Waals surface area contributed by atoms with Gasteiger partial charge >= 0.3 is 0 Å². The zero-order chi connectivity index (χ0) is 18.1. The molecule has 2 aliphatic rings. The molecule has 2 heterocycles. The van der Waals surface area contributed by atoms with E-state index in [-0.39, 0.29) is 5.75 Å². The van der Waals surface area contributed by atoms with Gasteiger partial charge in [0.25, 0.3) is 0 Å². The van der Waals surface area contributed by atoms with Gasteiger partial charge in [0.2, 0.25) is 0 Å². The normalized spacial score (nSPS) is 21.6. The maximum absolute atomic E-state index is 12.2. The Kier molecular flexibility index (Phi) is 4.95. The molecule has 1 N–H and O–H groups in total. The van der Waals surface area contributed by atoms with E-state index >= 15 is 0 Å². The lowest BCUT2D eigenvalue weighted by atomic mass is 10.1. The predicted octanol–water partition coefficient (Wildman–Crippen LogP) is 1.25. The van der Waals surface area contributed by atoms with E-state index in [9.17, 15) is 8.42 Å². The number of aliphatic imine (C=N–C) groups is 1. The van der Waals surface area contributed by atoms with Crippen LogP contribution in [-0.4, -0.2) is 63.1 Å². The van der Waals surface area contributed by atoms with Crippen LogP contribution in [0.25, 0.3) is 0 Å². The van der Waals surface area contributed by atoms with Crippen LogP contribution in [0.5, 0.6) is 5.75 Å². The first-order valence-electron chi connectivity index (χ1n) is 8.75. The third-order valence-electron chi connectivity index (χ3n) is 5.01. The number of rotatable bonds is 3. The van der Waals surface area contributed by atoms with Crippen LogP contribution in [0.1, 0.15) is 25.0 Å². The van der Waals surface area contributed by atoms with Crippen molar-refractivity contribution in [3.8, 4) is 5.75 Å². The second kappa shape index (κ2) is 6.86. The molecule has 3 rings (SSSR count). The molecular weight excluding hydrogens is 338 g/mol. The summed E-state index contributed by atoms with van der Waals surface area (Å²) < 4.78 is 29.1. The summed E-state index contributed by atoms with van der Waals surface area (Å²) in [6.45, 7) is 6.06. The number of ether oxygens (including phenoxy) is 1. The van der Waals surface area contributed by atoms with Crippen molar-refractivity contribution in [2.45, 2.75) is 31.4 Å². The fraction of sp³-hybridized carbons (Fsp3) is 0.611. The highest BCUT2D eigenvalue weighted by Crippen LogP contribution is 2.26. The van der Waals surface area contributed by atoms with Crippen LogP contribution >= 0.6 is 0 Å². The Morgan fingerprint density at radius 1 is 1.40 bits per heavy atom. The number of fused-ring (bicyclic) bond motifs is 1. The Morgan fingerprint density at radius 2 is 2.20 bits per heavy atom. The molecule has 6 nitrogen and oxygen atoms in total. The molecule has 0 radical (unpaired) electrons. The molecule has 1 aromatic rings. The second-order valence-electron chi connectivity index (χ2n) is 7.26. The van der Waals surface area contributed by atoms with Crippen molar-refractivity contribution in [1.29, 1.82) is 0 Å². The zero-order valence-corrected chi connectivity index (χ0v) is 16.0. The van der Waals surface area contributed by atoms with Gasteiger partial charge in [0.1, 0.15) is 5.75 Å². The Labute approximate surface area is 150 Å². The van der Waals surface area contributed by atoms with Gasteiger partial charge in [-0.15, -0.1) is 0 Å². The Hall–Kier alpha value is -1.76. The lowest BCUT2D eigenvalue weighted by Crippen LogP contribution is -2.57. The summed E-state index contributed by atoms with van der Waals surface area (Å²) in [5.74, 6) is 1.95. The van der Waals surface area contributed by atoms with Crippen LogP contribution in [0.15, 0.2) is 23.2 Å². The van der Waals surface area contributed by atoms with Crippen molar-refractivity contribution >= 4 is 15.8 Å². The van der Waals surface area contributed by atoms with E-state index in [1.165, 1.54) is 11.1 Å². The maximum atomic E-state index is 12.2. The van der Waals surface area contributed by atoms with Crippen LogP contribution in [0.4, 0.5) is 0 Å². The van der Waals surface area contributed by atoms with Crippen molar-refractivity contribution in [3.63, 3.8) is 0 Å². The second-order valence-corrected chi connectivity index (χ2v) is 10.0. The molecule has 2 aliphatic heterocycles. The molecule has 0 aliphatic carbocycles. The molecule has 25 heavy (non-hydrogen) atoms. The lowest BCUT2D eigenvalue weighted by molar-refractivity contribution is 0.353. The summed E-state index contributed by atoms with van der Waals surface area (Å²) in [6.07, 6.45) is 1.87. The first kappa shape index (κ1) is 18.0. The smallest absolute Gasteiger partial charge is 0.193 e. The van der Waals surface area contributed by atoms with Gasteiger partial charge < -0.3 is 15.0 Å². The molecule has 138 valence electrons. The van der Waals surface area contributed by atoms with Crippen LogP contribution < -0.4 is 10.1 Å². The van der Waals surface area contributed by atoms with Crippen LogP contribution in [0.2, 0.25) is 0 Å². The number of guanidine groups is 1. The Bertz CT molecular complexity index is 772. The first-order chi connectivity index (χ1) is 11.8. The van der Waals surface area contributed by atoms with Gasteiger partial charge in [-0.05, 0) is 37.5 Å². The van der Waals surface area contributed by atoms with E-state index in [1.807, 2.05) is 11.0 Å². The summed E-state index contributed by atoms with van der Waals surface area (Å²) in [5, 5.41) is 3.37. The Morgan fingerprint density at radius 3 is 2.92 bits per heavy atom. The van der Waals surface area contributed by atoms with E-state index < -0.39 is 14.6 Å². The number of sulfone groups is 1. The molecule has 0 saturated carbocycles. The van der Waals surface area contributed by atoms with Gasteiger partial charge in [0.05, 0.1) is 17.1 Å². The van der Waals surface area contributed by atoms with E-state index in [0.29, 0.717) is 13.1 Å². The highest BCUT2D eigenvalue weighted by Gasteiger charge is 2.40. The largest absolute Gasteiger partial charge is 0.493 e. The molecular formula is C18H27N3O3S. The number of nitrogens with zero attached hydrogens (tertiary/aromatic N) is 2. The minimum Gasteiger partial charge on any atom is -0.493 e. The summed E-state index contributed by atoms with van der Waals surface area (Å²) in [7, 11) is -1.30. The van der Waals surface area contributed by atoms with Crippen LogP contribution in [0.3, 0.4) is 0 Å². The number of benzene rings is 1. The fourth-order valence-electron chi connectivity index (χ4n) is 3.37. The van der Waals surface area contributed by atoms with Crippen molar-refractivity contribution in [2.24, 2.45) is 4.99 Å². The molecule has 1 aromatic carbocycles. The molecule has 7 heteroatoms. The minimum absolute atomic E-state index is 0.172. The van der Waals surface area contributed by atoms with Crippen molar-refractivity contribution in [1.82, 2.24) is 10.2 Å². The van der Waals surface area contributed by atoms with E-state index in [0.717, 1.165) is 37.7 Å². The monoisotopic (exact) mass is 365 g/mol. The van der Waals surface area contributed by atoms with Crippen LogP contribution in [0, 0.1) is 0 Å². The molecule has 0 aromatic heterocycles. The summed E-state index contributed by atoms with van der Waals surface area (Å²) in [4.78, 5) is 6.37. The topological polar surface area (TPSA) is 71.0 Å².